The van der Waals surface area contributed by atoms with Gasteiger partial charge in [-0.1, -0.05) is 83.2 Å². The molecule has 0 radical (unpaired) electrons. The number of benzene rings is 2. The zero-order chi connectivity index (χ0) is 24.7. The fourth-order valence-electron chi connectivity index (χ4n) is 4.58. The number of ether oxygens (including phenoxy) is 1. The van der Waals surface area contributed by atoms with E-state index >= 15 is 0 Å². The number of hydrogen-bond donors (Lipinski definition) is 1. The molecule has 4 nitrogen and oxygen atoms in total. The molecule has 1 unspecified atom stereocenters. The summed E-state index contributed by atoms with van der Waals surface area (Å²) in [4.78, 5) is 0. The van der Waals surface area contributed by atoms with E-state index in [2.05, 4.69) is 52.6 Å². The Morgan fingerprint density at radius 3 is 2.29 bits per heavy atom. The first-order chi connectivity index (χ1) is 16.3. The summed E-state index contributed by atoms with van der Waals surface area (Å²) >= 11 is 6.98. The number of nitrogens with zero attached hydrogens (tertiary/aromatic N) is 2. The van der Waals surface area contributed by atoms with Crippen molar-refractivity contribution in [3.63, 3.8) is 0 Å². The van der Waals surface area contributed by atoms with Gasteiger partial charge in [0.05, 0.1) is 11.3 Å². The first-order valence-electron chi connectivity index (χ1n) is 12.0. The topological polar surface area (TPSA) is 53.1 Å². The maximum absolute atomic E-state index is 14.0. The molecule has 0 saturated heterocycles. The summed E-state index contributed by atoms with van der Waals surface area (Å²) in [5.41, 5.74) is 9.28. The lowest BCUT2D eigenvalue weighted by Crippen LogP contribution is -2.24. The second-order valence-electron chi connectivity index (χ2n) is 9.09. The maximum Gasteiger partial charge on any atom is 0.239 e. The van der Waals surface area contributed by atoms with Gasteiger partial charge in [0, 0.05) is 14.4 Å². The van der Waals surface area contributed by atoms with Crippen LogP contribution in [0.3, 0.4) is 0 Å². The van der Waals surface area contributed by atoms with Gasteiger partial charge in [0.1, 0.15) is 18.2 Å². The third kappa shape index (κ3) is 6.22. The van der Waals surface area contributed by atoms with Crippen LogP contribution in [-0.2, 0) is 12.0 Å². The number of hydrogen-bond acceptors (Lipinski definition) is 3. The van der Waals surface area contributed by atoms with Crippen LogP contribution in [0.15, 0.2) is 51.4 Å². The highest BCUT2D eigenvalue weighted by Gasteiger charge is 2.35. The lowest BCUT2D eigenvalue weighted by molar-refractivity contribution is 0.275. The Bertz CT molecular complexity index is 1060. The molecule has 0 fully saturated rings. The largest absolute Gasteiger partial charge is 0.471 e. The molecule has 0 bridgehead atoms. The Hall–Kier alpha value is -1.86. The van der Waals surface area contributed by atoms with Crippen LogP contribution < -0.4 is 10.5 Å². The van der Waals surface area contributed by atoms with Crippen molar-refractivity contribution < 1.29 is 9.13 Å². The fourth-order valence-corrected chi connectivity index (χ4v) is 6.05. The average molecular weight is 595 g/mol. The van der Waals surface area contributed by atoms with Crippen molar-refractivity contribution >= 4 is 37.7 Å². The van der Waals surface area contributed by atoms with E-state index in [1.807, 2.05) is 30.3 Å². The second kappa shape index (κ2) is 12.2. The zero-order valence-corrected chi connectivity index (χ0v) is 23.4. The number of anilines is 1. The molecule has 0 amide bonds. The van der Waals surface area contributed by atoms with Crippen LogP contribution in [-0.4, -0.2) is 9.78 Å². The molecule has 0 aliphatic rings. The minimum Gasteiger partial charge on any atom is -0.471 e. The van der Waals surface area contributed by atoms with Gasteiger partial charge in [0.2, 0.25) is 5.88 Å². The summed E-state index contributed by atoms with van der Waals surface area (Å²) in [5.74, 6) is 0.721. The predicted octanol–water partition coefficient (Wildman–Crippen LogP) is 8.73. The smallest absolute Gasteiger partial charge is 0.239 e. The highest BCUT2D eigenvalue weighted by Crippen LogP contribution is 2.45. The summed E-state index contributed by atoms with van der Waals surface area (Å²) in [6.45, 7) is 7.09. The molecule has 34 heavy (non-hydrogen) atoms. The van der Waals surface area contributed by atoms with Crippen molar-refractivity contribution in [2.45, 2.75) is 77.7 Å². The third-order valence-corrected chi connectivity index (χ3v) is 7.50. The summed E-state index contributed by atoms with van der Waals surface area (Å²) in [7, 11) is 0. The van der Waals surface area contributed by atoms with Crippen molar-refractivity contribution in [1.82, 2.24) is 9.78 Å². The number of nitrogens with two attached hydrogens (primary N) is 1. The number of aromatic nitrogens is 2. The minimum atomic E-state index is -0.347. The number of unbranched alkanes of at least 4 members (excludes halogenated alkanes) is 3. The van der Waals surface area contributed by atoms with Crippen molar-refractivity contribution in [3.05, 3.63) is 68.4 Å². The SMILES string of the molecule is CCCCCCC(C)(CCC)c1c(OCc2ccccc2)nn(-c2c(Br)cc(F)cc2Br)c1N. The lowest BCUT2D eigenvalue weighted by Gasteiger charge is -2.30. The van der Waals surface area contributed by atoms with E-state index in [1.165, 1.54) is 31.4 Å². The van der Waals surface area contributed by atoms with E-state index in [9.17, 15) is 4.39 Å². The summed E-state index contributed by atoms with van der Waals surface area (Å²) < 4.78 is 23.1. The van der Waals surface area contributed by atoms with Gasteiger partial charge in [-0.05, 0) is 62.4 Å². The molecule has 3 aromatic rings. The molecular weight excluding hydrogens is 561 g/mol. The van der Waals surface area contributed by atoms with Crippen molar-refractivity contribution in [3.8, 4) is 11.6 Å². The molecule has 0 spiro atoms. The Kier molecular flexibility index (Phi) is 9.60. The van der Waals surface area contributed by atoms with Crippen LogP contribution in [0.5, 0.6) is 5.88 Å². The van der Waals surface area contributed by atoms with E-state index in [1.54, 1.807) is 4.68 Å². The molecule has 1 aromatic heterocycles. The van der Waals surface area contributed by atoms with E-state index in [0.29, 0.717) is 32.9 Å². The van der Waals surface area contributed by atoms with E-state index in [4.69, 9.17) is 15.6 Å². The zero-order valence-electron chi connectivity index (χ0n) is 20.2. The van der Waals surface area contributed by atoms with Crippen molar-refractivity contribution in [2.24, 2.45) is 0 Å². The Balaban J connectivity index is 2.09. The van der Waals surface area contributed by atoms with Gasteiger partial charge >= 0.3 is 0 Å². The van der Waals surface area contributed by atoms with Crippen LogP contribution in [0.2, 0.25) is 0 Å². The molecule has 3 rings (SSSR count). The van der Waals surface area contributed by atoms with Gasteiger partial charge in [-0.2, -0.15) is 0 Å². The molecule has 0 saturated carbocycles. The van der Waals surface area contributed by atoms with Gasteiger partial charge in [-0.25, -0.2) is 9.07 Å². The third-order valence-electron chi connectivity index (χ3n) is 6.29. The molecular formula is C27H34Br2FN3O. The summed E-state index contributed by atoms with van der Waals surface area (Å²) in [5, 5.41) is 4.83. The first kappa shape index (κ1) is 26.7. The Morgan fingerprint density at radius 2 is 1.68 bits per heavy atom. The second-order valence-corrected chi connectivity index (χ2v) is 10.8. The highest BCUT2D eigenvalue weighted by atomic mass is 79.9. The van der Waals surface area contributed by atoms with E-state index in [-0.39, 0.29) is 11.2 Å². The Labute approximate surface area is 219 Å². The molecule has 1 heterocycles. The molecule has 2 N–H and O–H groups in total. The van der Waals surface area contributed by atoms with Gasteiger partial charge < -0.3 is 10.5 Å². The van der Waals surface area contributed by atoms with Gasteiger partial charge in [0.25, 0.3) is 0 Å². The van der Waals surface area contributed by atoms with Gasteiger partial charge in [-0.3, -0.25) is 0 Å². The normalized spacial score (nSPS) is 13.1. The van der Waals surface area contributed by atoms with Crippen LogP contribution in [0.25, 0.3) is 5.69 Å². The van der Waals surface area contributed by atoms with Crippen molar-refractivity contribution in [2.75, 3.05) is 5.73 Å². The molecule has 0 aliphatic carbocycles. The average Bonchev–Trinajstić information content (AvgIpc) is 3.12. The molecule has 2 aromatic carbocycles. The lowest BCUT2D eigenvalue weighted by atomic mass is 9.75. The predicted molar refractivity (Wildman–Crippen MR) is 145 cm³/mol. The van der Waals surface area contributed by atoms with Crippen LogP contribution in [0.1, 0.15) is 76.8 Å². The molecule has 1 atom stereocenters. The van der Waals surface area contributed by atoms with Crippen LogP contribution in [0, 0.1) is 5.82 Å². The fraction of sp³-hybridized carbons (Fsp3) is 0.444. The Morgan fingerprint density at radius 1 is 1.00 bits per heavy atom. The summed E-state index contributed by atoms with van der Waals surface area (Å²) in [6.07, 6.45) is 7.74. The van der Waals surface area contributed by atoms with Crippen molar-refractivity contribution in [1.29, 1.82) is 0 Å². The number of nitrogen functional groups attached to an aromatic ring is 1. The monoisotopic (exact) mass is 593 g/mol. The quantitative estimate of drug-likeness (QED) is 0.213. The standard InChI is InChI=1S/C27H34Br2FN3O/c1-4-6-7-11-15-27(3,14-5-2)23-25(31)33(24-21(28)16-20(30)17-22(24)29)32-26(23)34-18-19-12-9-8-10-13-19/h8-10,12-13,16-17H,4-7,11,14-15,18,31H2,1-3H3. The molecule has 184 valence electrons. The van der Waals surface area contributed by atoms with Gasteiger partial charge in [0.15, 0.2) is 0 Å². The highest BCUT2D eigenvalue weighted by molar-refractivity contribution is 9.11. The van der Waals surface area contributed by atoms with Crippen LogP contribution >= 0.6 is 31.9 Å². The van der Waals surface area contributed by atoms with E-state index < -0.39 is 0 Å². The molecule has 0 aliphatic heterocycles. The van der Waals surface area contributed by atoms with Gasteiger partial charge in [-0.15, -0.1) is 5.10 Å². The minimum absolute atomic E-state index is 0.185. The number of rotatable bonds is 12. The van der Waals surface area contributed by atoms with E-state index in [0.717, 1.165) is 36.8 Å². The summed E-state index contributed by atoms with van der Waals surface area (Å²) in [6, 6.07) is 12.9. The first-order valence-corrected chi connectivity index (χ1v) is 13.6. The van der Waals surface area contributed by atoms with Crippen LogP contribution in [0.4, 0.5) is 10.2 Å². The molecule has 7 heteroatoms. The maximum atomic E-state index is 14.0. The number of halogens is 3.